The second-order valence-electron chi connectivity index (χ2n) is 10.7. The van der Waals surface area contributed by atoms with E-state index < -0.39 is 5.60 Å². The molecule has 2 aliphatic carbocycles. The molecule has 2 aromatic rings. The number of carbonyl (C=O) groups excluding carboxylic acids is 1. The zero-order valence-electron chi connectivity index (χ0n) is 20.2. The fraction of sp³-hybridized carbons (Fsp3) is 0.500. The molecule has 1 aliphatic heterocycles. The first kappa shape index (κ1) is 22.9. The molecule has 3 aliphatic rings. The van der Waals surface area contributed by atoms with Crippen LogP contribution in [-0.2, 0) is 5.54 Å². The van der Waals surface area contributed by atoms with Gasteiger partial charge in [-0.05, 0) is 88.9 Å². The molecule has 0 unspecified atom stereocenters. The van der Waals surface area contributed by atoms with Gasteiger partial charge in [0.15, 0.2) is 0 Å². The SMILES string of the molecule is CN(C)C1(c2ccccc2)CCC2(CC1)CN(c1ccc(C#N)cc1)C(=O)N2CC1(O)CCC1. The Balaban J connectivity index is 1.46. The lowest BCUT2D eigenvalue weighted by atomic mass is 9.67. The number of nitrogens with zero attached hydrogens (tertiary/aromatic N) is 4. The second kappa shape index (κ2) is 8.41. The summed E-state index contributed by atoms with van der Waals surface area (Å²) in [5, 5.41) is 20.2. The van der Waals surface area contributed by atoms with E-state index in [-0.39, 0.29) is 17.1 Å². The Morgan fingerprint density at radius 3 is 2.15 bits per heavy atom. The molecule has 0 aromatic heterocycles. The zero-order chi connectivity index (χ0) is 24.0. The lowest BCUT2D eigenvalue weighted by molar-refractivity contribution is -0.0725. The molecule has 0 radical (unpaired) electrons. The van der Waals surface area contributed by atoms with Crippen molar-refractivity contribution in [1.82, 2.24) is 9.80 Å². The molecule has 6 heteroatoms. The molecule has 178 valence electrons. The molecule has 3 fully saturated rings. The van der Waals surface area contributed by atoms with Gasteiger partial charge in [-0.15, -0.1) is 0 Å². The van der Waals surface area contributed by atoms with E-state index in [0.29, 0.717) is 18.7 Å². The van der Waals surface area contributed by atoms with Gasteiger partial charge in [0.05, 0.1) is 35.9 Å². The number of rotatable bonds is 5. The molecule has 1 heterocycles. The minimum absolute atomic E-state index is 0.0258. The maximum absolute atomic E-state index is 13.8. The van der Waals surface area contributed by atoms with Crippen LogP contribution in [0.25, 0.3) is 0 Å². The van der Waals surface area contributed by atoms with E-state index in [1.54, 1.807) is 12.1 Å². The molecular weight excluding hydrogens is 424 g/mol. The standard InChI is InChI=1S/C28H34N4O2/c1-30(2)28(23-7-4-3-5-8-23)17-15-26(16-18-28)20-31(24-11-9-22(19-29)10-12-24)25(33)32(26)21-27(34)13-6-14-27/h3-5,7-12,34H,6,13-18,20-21H2,1-2H3. The minimum atomic E-state index is -0.765. The molecular formula is C28H34N4O2. The Labute approximate surface area is 202 Å². The van der Waals surface area contributed by atoms with Gasteiger partial charge in [0.1, 0.15) is 0 Å². The molecule has 5 rings (SSSR count). The molecule has 1 N–H and O–H groups in total. The van der Waals surface area contributed by atoms with E-state index >= 15 is 0 Å². The number of urea groups is 1. The first-order valence-electron chi connectivity index (χ1n) is 12.4. The van der Waals surface area contributed by atoms with Crippen LogP contribution in [0.3, 0.4) is 0 Å². The number of carbonyl (C=O) groups is 1. The Bertz CT molecular complexity index is 1080. The van der Waals surface area contributed by atoms with E-state index in [9.17, 15) is 9.90 Å². The van der Waals surface area contributed by atoms with Crippen LogP contribution < -0.4 is 4.90 Å². The van der Waals surface area contributed by atoms with Crippen molar-refractivity contribution in [3.8, 4) is 6.07 Å². The number of amides is 2. The fourth-order valence-electron chi connectivity index (χ4n) is 6.29. The number of hydrogen-bond donors (Lipinski definition) is 1. The first-order chi connectivity index (χ1) is 16.3. The van der Waals surface area contributed by atoms with E-state index in [1.807, 2.05) is 21.9 Å². The van der Waals surface area contributed by atoms with Crippen LogP contribution in [-0.4, -0.2) is 59.3 Å². The van der Waals surface area contributed by atoms with Crippen LogP contribution in [0.2, 0.25) is 0 Å². The molecule has 1 saturated heterocycles. The summed E-state index contributed by atoms with van der Waals surface area (Å²) >= 11 is 0. The smallest absolute Gasteiger partial charge is 0.325 e. The molecule has 2 saturated carbocycles. The highest BCUT2D eigenvalue weighted by Gasteiger charge is 2.56. The normalized spacial score (nSPS) is 28.3. The van der Waals surface area contributed by atoms with Crippen LogP contribution in [0.1, 0.15) is 56.1 Å². The molecule has 2 amide bonds. The Morgan fingerprint density at radius 2 is 1.62 bits per heavy atom. The molecule has 1 spiro atoms. The van der Waals surface area contributed by atoms with Crippen molar-refractivity contribution in [2.75, 3.05) is 32.1 Å². The van der Waals surface area contributed by atoms with Crippen LogP contribution in [0.15, 0.2) is 54.6 Å². The topological polar surface area (TPSA) is 70.8 Å². The summed E-state index contributed by atoms with van der Waals surface area (Å²) in [6.45, 7) is 1.02. The van der Waals surface area contributed by atoms with Crippen molar-refractivity contribution in [1.29, 1.82) is 5.26 Å². The Kier molecular flexibility index (Phi) is 5.66. The van der Waals surface area contributed by atoms with E-state index in [0.717, 1.165) is 50.6 Å². The third-order valence-corrected chi connectivity index (χ3v) is 8.71. The monoisotopic (exact) mass is 458 g/mol. The fourth-order valence-corrected chi connectivity index (χ4v) is 6.29. The average molecular weight is 459 g/mol. The number of benzene rings is 2. The lowest BCUT2D eigenvalue weighted by Crippen LogP contribution is -2.59. The second-order valence-corrected chi connectivity index (χ2v) is 10.7. The summed E-state index contributed by atoms with van der Waals surface area (Å²) in [5.74, 6) is 0. The van der Waals surface area contributed by atoms with Crippen molar-refractivity contribution < 1.29 is 9.90 Å². The predicted octanol–water partition coefficient (Wildman–Crippen LogP) is 4.49. The number of β-amino-alcohol motifs (C(OH)–C–C–N with tert-alkyl or cyclic N) is 1. The van der Waals surface area contributed by atoms with E-state index in [1.165, 1.54) is 5.56 Å². The van der Waals surface area contributed by atoms with Gasteiger partial charge in [0.2, 0.25) is 0 Å². The summed E-state index contributed by atoms with van der Waals surface area (Å²) in [7, 11) is 4.31. The zero-order valence-corrected chi connectivity index (χ0v) is 20.2. The van der Waals surface area contributed by atoms with Crippen LogP contribution >= 0.6 is 0 Å². The quantitative estimate of drug-likeness (QED) is 0.717. The molecule has 0 bridgehead atoms. The third kappa shape index (κ3) is 3.68. The van der Waals surface area contributed by atoms with Crippen molar-refractivity contribution in [2.45, 2.75) is 61.6 Å². The maximum Gasteiger partial charge on any atom is 0.325 e. The third-order valence-electron chi connectivity index (χ3n) is 8.71. The van der Waals surface area contributed by atoms with E-state index in [2.05, 4.69) is 55.4 Å². The number of nitriles is 1. The molecule has 34 heavy (non-hydrogen) atoms. The van der Waals surface area contributed by atoms with Gasteiger partial charge in [0.25, 0.3) is 0 Å². The van der Waals surface area contributed by atoms with Crippen molar-refractivity contribution >= 4 is 11.7 Å². The average Bonchev–Trinajstić information content (AvgIpc) is 3.10. The number of aliphatic hydroxyl groups is 1. The van der Waals surface area contributed by atoms with Crippen LogP contribution in [0.4, 0.5) is 10.5 Å². The highest BCUT2D eigenvalue weighted by molar-refractivity contribution is 5.95. The van der Waals surface area contributed by atoms with Crippen molar-refractivity contribution in [2.24, 2.45) is 0 Å². The van der Waals surface area contributed by atoms with Gasteiger partial charge >= 0.3 is 6.03 Å². The first-order valence-corrected chi connectivity index (χ1v) is 12.4. The summed E-state index contributed by atoms with van der Waals surface area (Å²) in [6, 6.07) is 20.1. The Morgan fingerprint density at radius 1 is 0.971 bits per heavy atom. The summed E-state index contributed by atoms with van der Waals surface area (Å²) in [5.41, 5.74) is 1.60. The van der Waals surface area contributed by atoms with Crippen LogP contribution in [0.5, 0.6) is 0 Å². The van der Waals surface area contributed by atoms with E-state index in [4.69, 9.17) is 5.26 Å². The van der Waals surface area contributed by atoms with Crippen LogP contribution in [0, 0.1) is 11.3 Å². The molecule has 0 atom stereocenters. The highest BCUT2D eigenvalue weighted by atomic mass is 16.3. The maximum atomic E-state index is 13.8. The molecule has 2 aromatic carbocycles. The van der Waals surface area contributed by atoms with Crippen molar-refractivity contribution in [3.63, 3.8) is 0 Å². The van der Waals surface area contributed by atoms with Gasteiger partial charge in [-0.1, -0.05) is 30.3 Å². The number of anilines is 1. The largest absolute Gasteiger partial charge is 0.388 e. The van der Waals surface area contributed by atoms with Gasteiger partial charge in [0, 0.05) is 11.2 Å². The van der Waals surface area contributed by atoms with Gasteiger partial charge < -0.3 is 10.0 Å². The summed E-state index contributed by atoms with van der Waals surface area (Å²) in [4.78, 5) is 20.0. The summed E-state index contributed by atoms with van der Waals surface area (Å²) in [6.07, 6.45) is 6.21. The predicted molar refractivity (Wildman–Crippen MR) is 132 cm³/mol. The van der Waals surface area contributed by atoms with Gasteiger partial charge in [-0.25, -0.2) is 4.79 Å². The lowest BCUT2D eigenvalue weighted by Gasteiger charge is -2.52. The molecule has 6 nitrogen and oxygen atoms in total. The minimum Gasteiger partial charge on any atom is -0.388 e. The van der Waals surface area contributed by atoms with Gasteiger partial charge in [-0.3, -0.25) is 9.80 Å². The number of hydrogen-bond acceptors (Lipinski definition) is 4. The Hall–Kier alpha value is -2.88. The summed E-state index contributed by atoms with van der Waals surface area (Å²) < 4.78 is 0. The van der Waals surface area contributed by atoms with Crippen molar-refractivity contribution in [3.05, 3.63) is 65.7 Å². The highest BCUT2D eigenvalue weighted by Crippen LogP contribution is 2.50. The van der Waals surface area contributed by atoms with Gasteiger partial charge in [-0.2, -0.15) is 5.26 Å².